The predicted molar refractivity (Wildman–Crippen MR) is 153 cm³/mol. The number of nitrogens with zero attached hydrogens (tertiary/aromatic N) is 3. The lowest BCUT2D eigenvalue weighted by atomic mass is 9.82. The number of amides is 2. The zero-order valence-electron chi connectivity index (χ0n) is 25.2. The Kier molecular flexibility index (Phi) is 10.7. The number of rotatable bonds is 11. The predicted octanol–water partition coefficient (Wildman–Crippen LogP) is 2.51. The van der Waals surface area contributed by atoms with Crippen molar-refractivity contribution in [3.63, 3.8) is 0 Å². The summed E-state index contributed by atoms with van der Waals surface area (Å²) in [4.78, 5) is 42.8. The molecular formula is C29H45N5O7. The molecule has 1 aromatic rings. The number of hydrazone groups is 1. The van der Waals surface area contributed by atoms with E-state index in [9.17, 15) is 19.5 Å². The monoisotopic (exact) mass is 575 g/mol. The number of piperidine rings is 1. The Morgan fingerprint density at radius 2 is 1.90 bits per heavy atom. The van der Waals surface area contributed by atoms with Gasteiger partial charge in [-0.1, -0.05) is 38.1 Å². The highest BCUT2D eigenvalue weighted by Crippen LogP contribution is 2.32. The number of carbonyl (C=O) groups excluding carboxylic acids is 2. The van der Waals surface area contributed by atoms with E-state index in [4.69, 9.17) is 14.2 Å². The summed E-state index contributed by atoms with van der Waals surface area (Å²) in [5, 5.41) is 14.4. The molecule has 0 spiro atoms. The summed E-state index contributed by atoms with van der Waals surface area (Å²) >= 11 is 0. The van der Waals surface area contributed by atoms with Gasteiger partial charge in [-0.15, -0.1) is 0 Å². The Bertz CT molecular complexity index is 1120. The van der Waals surface area contributed by atoms with Crippen LogP contribution in [0.4, 0.5) is 4.79 Å². The van der Waals surface area contributed by atoms with Crippen LogP contribution in [0.25, 0.3) is 0 Å². The molecular weight excluding hydrogens is 530 g/mol. The molecule has 0 radical (unpaired) electrons. The van der Waals surface area contributed by atoms with Gasteiger partial charge in [0, 0.05) is 26.7 Å². The fourth-order valence-electron chi connectivity index (χ4n) is 5.24. The van der Waals surface area contributed by atoms with Crippen LogP contribution in [0.2, 0.25) is 0 Å². The number of benzene rings is 1. The maximum atomic E-state index is 14.5. The van der Waals surface area contributed by atoms with Crippen LogP contribution in [-0.2, 0) is 29.3 Å². The number of aryl methyl sites for hydroxylation is 1. The van der Waals surface area contributed by atoms with Crippen LogP contribution >= 0.6 is 0 Å². The van der Waals surface area contributed by atoms with Crippen LogP contribution in [-0.4, -0.2) is 96.8 Å². The van der Waals surface area contributed by atoms with Gasteiger partial charge in [0.25, 0.3) is 5.91 Å². The van der Waals surface area contributed by atoms with E-state index in [0.717, 1.165) is 11.1 Å². The number of ether oxygens (including phenoxy) is 3. The van der Waals surface area contributed by atoms with Gasteiger partial charge in [0.1, 0.15) is 11.1 Å². The molecule has 0 bridgehead atoms. The normalized spacial score (nSPS) is 22.7. The van der Waals surface area contributed by atoms with E-state index in [2.05, 4.69) is 16.1 Å². The molecule has 3 N–H and O–H groups in total. The van der Waals surface area contributed by atoms with Gasteiger partial charge in [-0.2, -0.15) is 5.10 Å². The smallest absolute Gasteiger partial charge is 0.410 e. The molecule has 2 heterocycles. The Morgan fingerprint density at radius 1 is 1.20 bits per heavy atom. The first-order valence-electron chi connectivity index (χ1n) is 14.0. The maximum absolute atomic E-state index is 14.5. The average Bonchev–Trinajstić information content (AvgIpc) is 3.33. The fraction of sp³-hybridized carbons (Fsp3) is 0.655. The van der Waals surface area contributed by atoms with Crippen LogP contribution in [0.1, 0.15) is 52.2 Å². The van der Waals surface area contributed by atoms with Gasteiger partial charge in [0.05, 0.1) is 31.8 Å². The molecule has 0 saturated carbocycles. The zero-order valence-corrected chi connectivity index (χ0v) is 25.2. The Hall–Kier alpha value is -3.22. The van der Waals surface area contributed by atoms with Crippen molar-refractivity contribution in [1.82, 2.24) is 20.8 Å². The summed E-state index contributed by atoms with van der Waals surface area (Å²) in [7, 11) is 1.59. The topological polar surface area (TPSA) is 142 Å². The van der Waals surface area contributed by atoms with Gasteiger partial charge in [-0.3, -0.25) is 9.59 Å². The Labute approximate surface area is 242 Å². The minimum atomic E-state index is -1.11. The Morgan fingerprint density at radius 3 is 2.51 bits per heavy atom. The first-order chi connectivity index (χ1) is 19.3. The molecule has 2 aliphatic heterocycles. The van der Waals surface area contributed by atoms with Gasteiger partial charge in [0.15, 0.2) is 5.71 Å². The van der Waals surface area contributed by atoms with Crippen molar-refractivity contribution in [3.05, 3.63) is 35.4 Å². The van der Waals surface area contributed by atoms with Crippen LogP contribution in [0.3, 0.4) is 0 Å². The van der Waals surface area contributed by atoms with E-state index in [-0.39, 0.29) is 43.7 Å². The molecule has 41 heavy (non-hydrogen) atoms. The molecule has 228 valence electrons. The summed E-state index contributed by atoms with van der Waals surface area (Å²) < 4.78 is 16.7. The van der Waals surface area contributed by atoms with Gasteiger partial charge in [-0.25, -0.2) is 15.8 Å². The molecule has 3 atom stereocenters. The molecule has 0 aromatic heterocycles. The lowest BCUT2D eigenvalue weighted by Crippen LogP contribution is -2.61. The molecule has 1 unspecified atom stereocenters. The second-order valence-corrected chi connectivity index (χ2v) is 12.1. The van der Waals surface area contributed by atoms with Crippen molar-refractivity contribution in [2.45, 2.75) is 65.1 Å². The van der Waals surface area contributed by atoms with Gasteiger partial charge in [0.2, 0.25) is 0 Å². The van der Waals surface area contributed by atoms with Crippen molar-refractivity contribution in [1.29, 1.82) is 0 Å². The molecule has 1 saturated heterocycles. The minimum Gasteiger partial charge on any atom is -0.481 e. The van der Waals surface area contributed by atoms with E-state index >= 15 is 0 Å². The van der Waals surface area contributed by atoms with Crippen LogP contribution in [0.5, 0.6) is 0 Å². The number of likely N-dealkylation sites (tertiary alicyclic amines) is 1. The van der Waals surface area contributed by atoms with Crippen LogP contribution in [0, 0.1) is 18.8 Å². The van der Waals surface area contributed by atoms with Crippen molar-refractivity contribution >= 4 is 23.7 Å². The quantitative estimate of drug-likeness (QED) is 0.339. The highest BCUT2D eigenvalue weighted by Gasteiger charge is 2.49. The Balaban J connectivity index is 2.00. The van der Waals surface area contributed by atoms with E-state index in [0.29, 0.717) is 19.8 Å². The zero-order chi connectivity index (χ0) is 30.4. The number of carboxylic acids is 1. The molecule has 3 rings (SSSR count). The third-order valence-corrected chi connectivity index (χ3v) is 7.09. The van der Waals surface area contributed by atoms with E-state index in [1.54, 1.807) is 32.8 Å². The third kappa shape index (κ3) is 7.96. The second kappa shape index (κ2) is 13.6. The number of aliphatic carboxylic acids is 1. The number of methoxy groups -OCH3 is 1. The van der Waals surface area contributed by atoms with Crippen LogP contribution in [0.15, 0.2) is 29.4 Å². The second-order valence-electron chi connectivity index (χ2n) is 12.1. The highest BCUT2D eigenvalue weighted by molar-refractivity contribution is 6.42. The van der Waals surface area contributed by atoms with Gasteiger partial charge >= 0.3 is 12.1 Å². The van der Waals surface area contributed by atoms with Gasteiger partial charge < -0.3 is 29.1 Å². The molecule has 2 aliphatic rings. The number of carbonyl (C=O) groups is 3. The number of hydrogen-bond donors (Lipinski definition) is 3. The van der Waals surface area contributed by atoms with Crippen molar-refractivity contribution in [3.8, 4) is 0 Å². The average molecular weight is 576 g/mol. The molecule has 12 nitrogen and oxygen atoms in total. The van der Waals surface area contributed by atoms with Crippen molar-refractivity contribution in [2.24, 2.45) is 16.9 Å². The lowest BCUT2D eigenvalue weighted by molar-refractivity contribution is -0.146. The van der Waals surface area contributed by atoms with Crippen LogP contribution < -0.4 is 11.0 Å². The fourth-order valence-corrected chi connectivity index (χ4v) is 5.24. The number of hydrazine groups is 1. The summed E-state index contributed by atoms with van der Waals surface area (Å²) in [6, 6.07) is 7.13. The number of hydrogen-bond acceptors (Lipinski definition) is 9. The van der Waals surface area contributed by atoms with E-state index in [1.807, 2.05) is 45.0 Å². The third-order valence-electron chi connectivity index (χ3n) is 7.09. The minimum absolute atomic E-state index is 0.00893. The summed E-state index contributed by atoms with van der Waals surface area (Å²) in [5.74, 6) is -2.19. The lowest BCUT2D eigenvalue weighted by Gasteiger charge is -2.43. The van der Waals surface area contributed by atoms with E-state index in [1.165, 1.54) is 4.90 Å². The summed E-state index contributed by atoms with van der Waals surface area (Å²) in [6.45, 7) is 12.5. The first kappa shape index (κ1) is 32.3. The number of carboxylic acid groups (broad SMARTS) is 1. The molecule has 0 aliphatic carbocycles. The largest absolute Gasteiger partial charge is 0.481 e. The molecule has 1 aromatic carbocycles. The van der Waals surface area contributed by atoms with Gasteiger partial charge in [-0.05, 0) is 51.2 Å². The number of nitrogens with one attached hydrogen (secondary N) is 2. The highest BCUT2D eigenvalue weighted by atomic mass is 16.6. The summed E-state index contributed by atoms with van der Waals surface area (Å²) in [6.07, 6.45) is -0.407. The first-order valence-corrected chi connectivity index (χ1v) is 14.0. The molecule has 12 heteroatoms. The summed E-state index contributed by atoms with van der Waals surface area (Å²) in [5.41, 5.74) is 6.08. The van der Waals surface area contributed by atoms with E-state index < -0.39 is 35.2 Å². The van der Waals surface area contributed by atoms with Crippen molar-refractivity contribution in [2.75, 3.05) is 46.6 Å². The maximum Gasteiger partial charge on any atom is 0.410 e. The standard InChI is InChI=1S/C29H45N5O7/c1-19(2)15-34(22-14-21(26(36)37)16-33(17-22)27(38)41-28(4,5)6)25(35)24-29(31-32-30-24,18-40-13-12-39-7)23-11-9-8-10-20(23)3/h8-11,19,21-22,31-32H,12-18H2,1-7H3,(H,36,37)/t21-,22+,29?/m1/s1. The van der Waals surface area contributed by atoms with Crippen molar-refractivity contribution < 1.29 is 33.7 Å². The molecule has 1 fully saturated rings. The molecule has 2 amide bonds. The SMILES string of the molecule is COCCOCC1(c2ccccc2C)NNN=C1C(=O)N(CC(C)C)[C@H]1C[C@@H](C(=O)O)CN(C(=O)OC(C)(C)C)C1.